The number of rotatable bonds is 1. The fourth-order valence-corrected chi connectivity index (χ4v) is 0.844. The van der Waals surface area contributed by atoms with Gasteiger partial charge in [-0.3, -0.25) is 0 Å². The van der Waals surface area contributed by atoms with E-state index in [4.69, 9.17) is 10.00 Å². The topological polar surface area (TPSA) is 33.0 Å². The second-order valence-corrected chi connectivity index (χ2v) is 2.21. The van der Waals surface area contributed by atoms with Gasteiger partial charge in [-0.2, -0.15) is 5.26 Å². The van der Waals surface area contributed by atoms with E-state index >= 15 is 0 Å². The van der Waals surface area contributed by atoms with Gasteiger partial charge < -0.3 is 4.74 Å². The van der Waals surface area contributed by atoms with Gasteiger partial charge in [-0.15, -0.1) is 0 Å². The number of nitrogens with zero attached hydrogens (tertiary/aromatic N) is 1. The Labute approximate surface area is 75.6 Å². The van der Waals surface area contributed by atoms with Crippen molar-refractivity contribution in [2.75, 3.05) is 7.11 Å². The highest BCUT2D eigenvalue weighted by molar-refractivity contribution is 5.41. The summed E-state index contributed by atoms with van der Waals surface area (Å²) in [4.78, 5) is 0. The first-order valence-electron chi connectivity index (χ1n) is 3.51. The van der Waals surface area contributed by atoms with Crippen LogP contribution in [-0.2, 0) is 0 Å². The minimum atomic E-state index is -0.479. The number of ether oxygens (including phenoxy) is 1. The fraction of sp³-hybridized carbons (Fsp3) is 0.100. The van der Waals surface area contributed by atoms with Crippen LogP contribution < -0.4 is 4.74 Å². The van der Waals surface area contributed by atoms with Crippen molar-refractivity contribution < 1.29 is 9.13 Å². The molecule has 2 nitrogen and oxygen atoms in total. The van der Waals surface area contributed by atoms with Crippen molar-refractivity contribution in [3.05, 3.63) is 29.6 Å². The lowest BCUT2D eigenvalue weighted by atomic mass is 10.2. The number of benzene rings is 1. The average Bonchev–Trinajstić information content (AvgIpc) is 2.15. The van der Waals surface area contributed by atoms with E-state index < -0.39 is 5.82 Å². The van der Waals surface area contributed by atoms with Gasteiger partial charge in [0.1, 0.15) is 0 Å². The lowest BCUT2D eigenvalue weighted by molar-refractivity contribution is 0.386. The van der Waals surface area contributed by atoms with Crippen molar-refractivity contribution in [3.8, 4) is 23.7 Å². The molecule has 0 fully saturated rings. The Balaban J connectivity index is 3.04. The fourth-order valence-electron chi connectivity index (χ4n) is 0.844. The third-order valence-electron chi connectivity index (χ3n) is 1.41. The molecule has 0 radical (unpaired) electrons. The van der Waals surface area contributed by atoms with Crippen LogP contribution >= 0.6 is 0 Å². The predicted octanol–water partition coefficient (Wildman–Crippen LogP) is 1.71. The van der Waals surface area contributed by atoms with Crippen LogP contribution in [0, 0.1) is 29.0 Å². The summed E-state index contributed by atoms with van der Waals surface area (Å²) in [7, 11) is 1.39. The molecule has 0 atom stereocenters. The Morgan fingerprint density at radius 1 is 1.46 bits per heavy atom. The molecule has 0 unspecified atom stereocenters. The molecular formula is C10H6FNO. The van der Waals surface area contributed by atoms with Gasteiger partial charge in [0, 0.05) is 11.5 Å². The molecule has 0 bridgehead atoms. The molecule has 0 amide bonds. The summed E-state index contributed by atoms with van der Waals surface area (Å²) < 4.78 is 17.7. The summed E-state index contributed by atoms with van der Waals surface area (Å²) in [6.45, 7) is 0. The molecule has 0 aliphatic heterocycles. The van der Waals surface area contributed by atoms with Crippen molar-refractivity contribution in [2.45, 2.75) is 0 Å². The standard InChI is InChI=1S/C10H6FNO/c1-13-10-5-4-8(3-2-6-12)7-9(10)11/h4-5,7H,1H3. The van der Waals surface area contributed by atoms with E-state index in [9.17, 15) is 4.39 Å². The van der Waals surface area contributed by atoms with Gasteiger partial charge in [-0.1, -0.05) is 5.92 Å². The molecule has 13 heavy (non-hydrogen) atoms. The first-order chi connectivity index (χ1) is 6.27. The molecule has 0 saturated heterocycles. The summed E-state index contributed by atoms with van der Waals surface area (Å²) in [6, 6.07) is 5.93. The number of halogens is 1. The molecule has 3 heteroatoms. The van der Waals surface area contributed by atoms with E-state index in [1.165, 1.54) is 19.2 Å². The maximum atomic E-state index is 13.0. The SMILES string of the molecule is COc1ccc(C#CC#N)cc1F. The zero-order chi connectivity index (χ0) is 9.68. The quantitative estimate of drug-likeness (QED) is 0.608. The van der Waals surface area contributed by atoms with Crippen LogP contribution in [-0.4, -0.2) is 7.11 Å². The van der Waals surface area contributed by atoms with Gasteiger partial charge in [0.15, 0.2) is 17.6 Å². The number of hydrogen-bond donors (Lipinski definition) is 0. The molecule has 0 saturated carbocycles. The van der Waals surface area contributed by atoms with E-state index in [1.807, 2.05) is 0 Å². The van der Waals surface area contributed by atoms with Crippen LogP contribution in [0.15, 0.2) is 18.2 Å². The largest absolute Gasteiger partial charge is 0.494 e. The number of hydrogen-bond acceptors (Lipinski definition) is 2. The van der Waals surface area contributed by atoms with Crippen LogP contribution in [0.25, 0.3) is 0 Å². The predicted molar refractivity (Wildman–Crippen MR) is 45.4 cm³/mol. The summed E-state index contributed by atoms with van der Waals surface area (Å²) in [6.07, 6.45) is 0. The smallest absolute Gasteiger partial charge is 0.166 e. The molecule has 0 aliphatic rings. The van der Waals surface area contributed by atoms with Crippen LogP contribution in [0.5, 0.6) is 5.75 Å². The average molecular weight is 175 g/mol. The highest BCUT2D eigenvalue weighted by Gasteiger charge is 2.00. The zero-order valence-corrected chi connectivity index (χ0v) is 6.97. The molecule has 64 valence electrons. The van der Waals surface area contributed by atoms with Gasteiger partial charge in [0.2, 0.25) is 0 Å². The van der Waals surface area contributed by atoms with E-state index in [-0.39, 0.29) is 5.75 Å². The van der Waals surface area contributed by atoms with Crippen LogP contribution in [0.2, 0.25) is 0 Å². The Morgan fingerprint density at radius 3 is 2.77 bits per heavy atom. The molecular weight excluding hydrogens is 169 g/mol. The monoisotopic (exact) mass is 175 g/mol. The highest BCUT2D eigenvalue weighted by atomic mass is 19.1. The number of methoxy groups -OCH3 is 1. The Hall–Kier alpha value is -2.00. The minimum absolute atomic E-state index is 0.169. The Morgan fingerprint density at radius 2 is 2.23 bits per heavy atom. The van der Waals surface area contributed by atoms with Crippen molar-refractivity contribution in [3.63, 3.8) is 0 Å². The summed E-state index contributed by atoms with van der Waals surface area (Å²) in [5.41, 5.74) is 0.458. The normalized spacial score (nSPS) is 8.08. The molecule has 1 rings (SSSR count). The van der Waals surface area contributed by atoms with E-state index in [2.05, 4.69) is 11.8 Å². The lowest BCUT2D eigenvalue weighted by Crippen LogP contribution is -1.88. The Bertz CT molecular complexity index is 409. The maximum absolute atomic E-state index is 13.0. The van der Waals surface area contributed by atoms with Crippen molar-refractivity contribution >= 4 is 0 Å². The van der Waals surface area contributed by atoms with Crippen LogP contribution in [0.4, 0.5) is 4.39 Å². The van der Waals surface area contributed by atoms with Gasteiger partial charge in [-0.25, -0.2) is 4.39 Å². The highest BCUT2D eigenvalue weighted by Crippen LogP contribution is 2.16. The minimum Gasteiger partial charge on any atom is -0.494 e. The molecule has 0 N–H and O–H groups in total. The first-order valence-corrected chi connectivity index (χ1v) is 3.51. The Kier molecular flexibility index (Phi) is 2.89. The van der Waals surface area contributed by atoms with Gasteiger partial charge in [0.05, 0.1) is 7.11 Å². The third kappa shape index (κ3) is 2.21. The van der Waals surface area contributed by atoms with Crippen molar-refractivity contribution in [2.24, 2.45) is 0 Å². The number of nitriles is 1. The molecule has 0 spiro atoms. The second kappa shape index (κ2) is 4.13. The summed E-state index contributed by atoms with van der Waals surface area (Å²) in [5, 5.41) is 8.16. The van der Waals surface area contributed by atoms with E-state index in [0.717, 1.165) is 0 Å². The molecule has 0 heterocycles. The summed E-state index contributed by atoms with van der Waals surface area (Å²) >= 11 is 0. The second-order valence-electron chi connectivity index (χ2n) is 2.21. The lowest BCUT2D eigenvalue weighted by Gasteiger charge is -2.00. The van der Waals surface area contributed by atoms with Crippen LogP contribution in [0.1, 0.15) is 5.56 Å². The van der Waals surface area contributed by atoms with Gasteiger partial charge in [0.25, 0.3) is 0 Å². The third-order valence-corrected chi connectivity index (χ3v) is 1.41. The zero-order valence-electron chi connectivity index (χ0n) is 6.97. The molecule has 0 aromatic heterocycles. The molecule has 1 aromatic rings. The first kappa shape index (κ1) is 9.09. The van der Waals surface area contributed by atoms with E-state index in [0.29, 0.717) is 5.56 Å². The van der Waals surface area contributed by atoms with Gasteiger partial charge >= 0.3 is 0 Å². The maximum Gasteiger partial charge on any atom is 0.166 e. The van der Waals surface area contributed by atoms with Gasteiger partial charge in [-0.05, 0) is 18.2 Å². The van der Waals surface area contributed by atoms with Crippen LogP contribution in [0.3, 0.4) is 0 Å². The van der Waals surface area contributed by atoms with Crippen molar-refractivity contribution in [1.29, 1.82) is 5.26 Å². The molecule has 0 aliphatic carbocycles. The van der Waals surface area contributed by atoms with Crippen molar-refractivity contribution in [1.82, 2.24) is 0 Å². The molecule has 1 aromatic carbocycles. The van der Waals surface area contributed by atoms with E-state index in [1.54, 1.807) is 12.1 Å². The summed E-state index contributed by atoms with van der Waals surface area (Å²) in [5.74, 6) is 4.35.